The third kappa shape index (κ3) is 3.15. The smallest absolute Gasteiger partial charge is 0.0716 e. The summed E-state index contributed by atoms with van der Waals surface area (Å²) in [4.78, 5) is 0. The van der Waals surface area contributed by atoms with Crippen molar-refractivity contribution >= 4 is 0 Å². The SMILES string of the molecule is C=CCC1(OCCCC)CCCC1. The fraction of sp³-hybridized carbons (Fsp3) is 0.833. The van der Waals surface area contributed by atoms with Gasteiger partial charge in [0.1, 0.15) is 0 Å². The molecular weight excluding hydrogens is 160 g/mol. The Bertz CT molecular complexity index is 145. The largest absolute Gasteiger partial charge is 0.375 e. The lowest BCUT2D eigenvalue weighted by molar-refractivity contribution is -0.0394. The molecule has 13 heavy (non-hydrogen) atoms. The second-order valence-electron chi connectivity index (χ2n) is 4.08. The summed E-state index contributed by atoms with van der Waals surface area (Å²) in [5.41, 5.74) is 0.178. The molecule has 0 amide bonds. The summed E-state index contributed by atoms with van der Waals surface area (Å²) in [5, 5.41) is 0. The second kappa shape index (κ2) is 5.43. The van der Waals surface area contributed by atoms with Crippen LogP contribution in [0.15, 0.2) is 12.7 Å². The first kappa shape index (κ1) is 10.8. The van der Waals surface area contributed by atoms with Gasteiger partial charge in [0.25, 0.3) is 0 Å². The van der Waals surface area contributed by atoms with Gasteiger partial charge in [0, 0.05) is 6.61 Å². The summed E-state index contributed by atoms with van der Waals surface area (Å²) in [6, 6.07) is 0. The van der Waals surface area contributed by atoms with Crippen molar-refractivity contribution < 1.29 is 4.74 Å². The van der Waals surface area contributed by atoms with E-state index in [9.17, 15) is 0 Å². The van der Waals surface area contributed by atoms with E-state index in [2.05, 4.69) is 13.5 Å². The molecule has 0 aromatic heterocycles. The van der Waals surface area contributed by atoms with E-state index in [0.29, 0.717) is 0 Å². The number of ether oxygens (including phenoxy) is 1. The minimum atomic E-state index is 0.178. The average molecular weight is 182 g/mol. The topological polar surface area (TPSA) is 9.23 Å². The Morgan fingerprint density at radius 3 is 2.62 bits per heavy atom. The predicted molar refractivity (Wildman–Crippen MR) is 56.9 cm³/mol. The lowest BCUT2D eigenvalue weighted by Crippen LogP contribution is -2.28. The first-order valence-corrected chi connectivity index (χ1v) is 5.58. The molecule has 0 spiro atoms. The van der Waals surface area contributed by atoms with E-state index in [1.807, 2.05) is 6.08 Å². The molecule has 1 heteroatoms. The van der Waals surface area contributed by atoms with Crippen molar-refractivity contribution in [3.05, 3.63) is 12.7 Å². The highest BCUT2D eigenvalue weighted by molar-refractivity contribution is 4.92. The van der Waals surface area contributed by atoms with E-state index in [4.69, 9.17) is 4.74 Å². The Hall–Kier alpha value is -0.300. The first-order chi connectivity index (χ1) is 6.33. The fourth-order valence-corrected chi connectivity index (χ4v) is 2.12. The number of hydrogen-bond acceptors (Lipinski definition) is 1. The summed E-state index contributed by atoms with van der Waals surface area (Å²) < 4.78 is 6.00. The van der Waals surface area contributed by atoms with E-state index >= 15 is 0 Å². The van der Waals surface area contributed by atoms with Crippen LogP contribution in [-0.2, 0) is 4.74 Å². The monoisotopic (exact) mass is 182 g/mol. The number of rotatable bonds is 6. The maximum absolute atomic E-state index is 6.00. The maximum atomic E-state index is 6.00. The van der Waals surface area contributed by atoms with E-state index < -0.39 is 0 Å². The quantitative estimate of drug-likeness (QED) is 0.449. The summed E-state index contributed by atoms with van der Waals surface area (Å²) >= 11 is 0. The summed E-state index contributed by atoms with van der Waals surface area (Å²) in [6.07, 6.45) is 10.6. The zero-order valence-corrected chi connectivity index (χ0v) is 8.85. The van der Waals surface area contributed by atoms with Gasteiger partial charge in [-0.15, -0.1) is 6.58 Å². The van der Waals surface area contributed by atoms with Crippen molar-refractivity contribution in [2.75, 3.05) is 6.61 Å². The first-order valence-electron chi connectivity index (χ1n) is 5.58. The average Bonchev–Trinajstić information content (AvgIpc) is 2.55. The fourth-order valence-electron chi connectivity index (χ4n) is 2.12. The lowest BCUT2D eigenvalue weighted by atomic mass is 9.98. The van der Waals surface area contributed by atoms with E-state index in [1.165, 1.54) is 38.5 Å². The molecular formula is C12H22O. The molecule has 0 saturated heterocycles. The van der Waals surface area contributed by atoms with Crippen LogP contribution in [0, 0.1) is 0 Å². The van der Waals surface area contributed by atoms with Gasteiger partial charge in [-0.2, -0.15) is 0 Å². The van der Waals surface area contributed by atoms with E-state index in [-0.39, 0.29) is 5.60 Å². The Labute approximate surface area is 82.2 Å². The molecule has 0 aliphatic heterocycles. The van der Waals surface area contributed by atoms with Crippen LogP contribution in [0.3, 0.4) is 0 Å². The van der Waals surface area contributed by atoms with Crippen LogP contribution >= 0.6 is 0 Å². The summed E-state index contributed by atoms with van der Waals surface area (Å²) in [5.74, 6) is 0. The molecule has 0 aromatic carbocycles. The summed E-state index contributed by atoms with van der Waals surface area (Å²) in [6.45, 7) is 6.96. The van der Waals surface area contributed by atoms with Gasteiger partial charge in [0.05, 0.1) is 5.60 Å². The molecule has 0 unspecified atom stereocenters. The zero-order chi connectivity index (χ0) is 9.57. The Morgan fingerprint density at radius 1 is 1.38 bits per heavy atom. The van der Waals surface area contributed by atoms with Crippen LogP contribution in [0.1, 0.15) is 51.9 Å². The van der Waals surface area contributed by atoms with Crippen molar-refractivity contribution in [2.45, 2.75) is 57.5 Å². The zero-order valence-electron chi connectivity index (χ0n) is 8.85. The van der Waals surface area contributed by atoms with Crippen molar-refractivity contribution in [3.63, 3.8) is 0 Å². The molecule has 0 aromatic rings. The Kier molecular flexibility index (Phi) is 4.51. The standard InChI is InChI=1S/C12H22O/c1-3-5-11-13-12(8-4-2)9-6-7-10-12/h4H,2-3,5-11H2,1H3. The third-order valence-electron chi connectivity index (χ3n) is 2.94. The van der Waals surface area contributed by atoms with E-state index in [1.54, 1.807) is 0 Å². The predicted octanol–water partition coefficient (Wildman–Crippen LogP) is 3.69. The Morgan fingerprint density at radius 2 is 2.08 bits per heavy atom. The Balaban J connectivity index is 2.32. The number of hydrogen-bond donors (Lipinski definition) is 0. The van der Waals surface area contributed by atoms with Crippen molar-refractivity contribution in [2.24, 2.45) is 0 Å². The molecule has 1 rings (SSSR count). The van der Waals surface area contributed by atoms with Gasteiger partial charge >= 0.3 is 0 Å². The summed E-state index contributed by atoms with van der Waals surface area (Å²) in [7, 11) is 0. The van der Waals surface area contributed by atoms with Crippen LogP contribution in [0.5, 0.6) is 0 Å². The van der Waals surface area contributed by atoms with Crippen molar-refractivity contribution in [1.82, 2.24) is 0 Å². The minimum absolute atomic E-state index is 0.178. The molecule has 76 valence electrons. The molecule has 0 heterocycles. The van der Waals surface area contributed by atoms with Gasteiger partial charge in [0.15, 0.2) is 0 Å². The van der Waals surface area contributed by atoms with Crippen LogP contribution in [0.2, 0.25) is 0 Å². The molecule has 0 N–H and O–H groups in total. The third-order valence-corrected chi connectivity index (χ3v) is 2.94. The van der Waals surface area contributed by atoms with Crippen LogP contribution in [-0.4, -0.2) is 12.2 Å². The van der Waals surface area contributed by atoms with E-state index in [0.717, 1.165) is 13.0 Å². The molecule has 1 aliphatic rings. The molecule has 0 radical (unpaired) electrons. The number of unbranched alkanes of at least 4 members (excludes halogenated alkanes) is 1. The van der Waals surface area contributed by atoms with Gasteiger partial charge in [0.2, 0.25) is 0 Å². The lowest BCUT2D eigenvalue weighted by Gasteiger charge is -2.28. The van der Waals surface area contributed by atoms with Gasteiger partial charge in [-0.3, -0.25) is 0 Å². The second-order valence-corrected chi connectivity index (χ2v) is 4.08. The molecule has 1 saturated carbocycles. The molecule has 1 nitrogen and oxygen atoms in total. The van der Waals surface area contributed by atoms with Crippen molar-refractivity contribution in [1.29, 1.82) is 0 Å². The highest BCUT2D eigenvalue weighted by atomic mass is 16.5. The van der Waals surface area contributed by atoms with Crippen LogP contribution in [0.25, 0.3) is 0 Å². The molecule has 1 fully saturated rings. The molecule has 1 aliphatic carbocycles. The minimum Gasteiger partial charge on any atom is -0.375 e. The van der Waals surface area contributed by atoms with Gasteiger partial charge in [-0.05, 0) is 25.7 Å². The van der Waals surface area contributed by atoms with Gasteiger partial charge < -0.3 is 4.74 Å². The van der Waals surface area contributed by atoms with Crippen LogP contribution in [0.4, 0.5) is 0 Å². The maximum Gasteiger partial charge on any atom is 0.0716 e. The highest BCUT2D eigenvalue weighted by Gasteiger charge is 2.32. The van der Waals surface area contributed by atoms with Gasteiger partial charge in [-0.1, -0.05) is 32.3 Å². The van der Waals surface area contributed by atoms with Crippen LogP contribution < -0.4 is 0 Å². The normalized spacial score (nSPS) is 20.4. The highest BCUT2D eigenvalue weighted by Crippen LogP contribution is 2.36. The molecule has 0 atom stereocenters. The van der Waals surface area contributed by atoms with Crippen molar-refractivity contribution in [3.8, 4) is 0 Å². The van der Waals surface area contributed by atoms with Gasteiger partial charge in [-0.25, -0.2) is 0 Å². The molecule has 0 bridgehead atoms.